The van der Waals surface area contributed by atoms with Crippen molar-refractivity contribution in [2.75, 3.05) is 6.61 Å². The number of carbonyl (C=O) groups is 1. The topological polar surface area (TPSA) is 73.8 Å². The molecular weight excluding hydrogens is 573 g/mol. The van der Waals surface area contributed by atoms with E-state index in [1.165, 1.54) is 49.0 Å². The van der Waals surface area contributed by atoms with Crippen LogP contribution in [0.15, 0.2) is 102 Å². The van der Waals surface area contributed by atoms with Gasteiger partial charge in [-0.1, -0.05) is 65.0 Å². The number of halogens is 4. The van der Waals surface area contributed by atoms with Crippen molar-refractivity contribution in [1.82, 2.24) is 4.57 Å². The third kappa shape index (κ3) is 5.61. The number of ether oxygens (including phenoxy) is 1. The summed E-state index contributed by atoms with van der Waals surface area (Å²) in [7, 11) is 0. The summed E-state index contributed by atoms with van der Waals surface area (Å²) in [6, 6.07) is 17.3. The molecule has 0 bridgehead atoms. The van der Waals surface area contributed by atoms with Gasteiger partial charge in [-0.15, -0.1) is 0 Å². The molecule has 6 nitrogen and oxygen atoms in total. The van der Waals surface area contributed by atoms with Crippen LogP contribution in [0.3, 0.4) is 0 Å². The Labute approximate surface area is 232 Å². The number of fused-ring (bicyclic) bond motifs is 1. The molecule has 0 aliphatic carbocycles. The number of nitrogens with zero attached hydrogens (tertiary/aromatic N) is 2. The molecule has 0 saturated carbocycles. The fourth-order valence-electron chi connectivity index (χ4n) is 4.00. The van der Waals surface area contributed by atoms with Crippen molar-refractivity contribution in [1.29, 1.82) is 0 Å². The summed E-state index contributed by atoms with van der Waals surface area (Å²) in [4.78, 5) is 30.9. The van der Waals surface area contributed by atoms with Crippen molar-refractivity contribution in [2.24, 2.45) is 4.99 Å². The fraction of sp³-hybridized carbons (Fsp3) is 0.148. The number of furan rings is 1. The van der Waals surface area contributed by atoms with E-state index in [-0.39, 0.29) is 21.5 Å². The quantitative estimate of drug-likeness (QED) is 0.268. The zero-order valence-corrected chi connectivity index (χ0v) is 22.5. The summed E-state index contributed by atoms with van der Waals surface area (Å²) in [6.07, 6.45) is -3.54. The molecule has 0 N–H and O–H groups in total. The van der Waals surface area contributed by atoms with Gasteiger partial charge in [0, 0.05) is 16.0 Å². The van der Waals surface area contributed by atoms with Gasteiger partial charge in [0.25, 0.3) is 5.56 Å². The monoisotopic (exact) mass is 590 g/mol. The third-order valence-electron chi connectivity index (χ3n) is 5.62. The first-order chi connectivity index (χ1) is 18.7. The number of allylic oxidation sites excluding steroid dienone is 1. The summed E-state index contributed by atoms with van der Waals surface area (Å²) >= 11 is 8.14. The summed E-state index contributed by atoms with van der Waals surface area (Å²) in [5, 5.41) is 0.911. The number of rotatable bonds is 6. The van der Waals surface area contributed by atoms with Crippen molar-refractivity contribution in [2.45, 2.75) is 29.1 Å². The summed E-state index contributed by atoms with van der Waals surface area (Å²) in [5.74, 6) is -0.876. The molecule has 4 aromatic rings. The molecule has 0 saturated heterocycles. The zero-order chi connectivity index (χ0) is 27.7. The van der Waals surface area contributed by atoms with Crippen LogP contribution in [0.1, 0.15) is 24.3 Å². The van der Waals surface area contributed by atoms with Gasteiger partial charge in [-0.2, -0.15) is 13.2 Å². The molecule has 5 rings (SSSR count). The van der Waals surface area contributed by atoms with Crippen molar-refractivity contribution in [3.8, 4) is 0 Å². The number of hydrogen-bond acceptors (Lipinski definition) is 7. The molecule has 12 heteroatoms. The number of esters is 1. The molecule has 3 heterocycles. The Kier molecular flexibility index (Phi) is 7.57. The Bertz CT molecular complexity index is 1740. The molecule has 2 aromatic heterocycles. The van der Waals surface area contributed by atoms with Gasteiger partial charge in [0.2, 0.25) is 0 Å². The second-order valence-electron chi connectivity index (χ2n) is 8.19. The zero-order valence-electron chi connectivity index (χ0n) is 20.1. The van der Waals surface area contributed by atoms with E-state index < -0.39 is 35.0 Å². The summed E-state index contributed by atoms with van der Waals surface area (Å²) < 4.78 is 54.5. The number of hydrogen-bond donors (Lipinski definition) is 0. The minimum Gasteiger partial charge on any atom is -0.463 e. The van der Waals surface area contributed by atoms with Crippen LogP contribution in [0.5, 0.6) is 0 Å². The molecule has 0 fully saturated rings. The average molecular weight is 591 g/mol. The minimum atomic E-state index is -4.98. The number of carbonyl (C=O) groups excluding carboxylic acids is 1. The van der Waals surface area contributed by atoms with E-state index in [0.717, 1.165) is 20.8 Å². The normalized spacial score (nSPS) is 15.7. The Morgan fingerprint density at radius 3 is 2.54 bits per heavy atom. The average Bonchev–Trinajstić information content (AvgIpc) is 3.47. The van der Waals surface area contributed by atoms with Gasteiger partial charge in [-0.3, -0.25) is 9.36 Å². The van der Waals surface area contributed by atoms with E-state index >= 15 is 0 Å². The maximum atomic E-state index is 14.2. The lowest BCUT2D eigenvalue weighted by atomic mass is 9.95. The highest BCUT2D eigenvalue weighted by Crippen LogP contribution is 2.38. The predicted molar refractivity (Wildman–Crippen MR) is 142 cm³/mol. The van der Waals surface area contributed by atoms with E-state index in [4.69, 9.17) is 20.8 Å². The molecule has 1 atom stereocenters. The Balaban J connectivity index is 1.66. The van der Waals surface area contributed by atoms with Gasteiger partial charge in [0.15, 0.2) is 15.6 Å². The molecule has 0 spiro atoms. The Morgan fingerprint density at radius 1 is 1.15 bits per heavy atom. The van der Waals surface area contributed by atoms with Gasteiger partial charge >= 0.3 is 12.1 Å². The Hall–Kier alpha value is -3.54. The van der Waals surface area contributed by atoms with E-state index in [0.29, 0.717) is 15.9 Å². The largest absolute Gasteiger partial charge is 0.463 e. The molecule has 0 amide bonds. The van der Waals surface area contributed by atoms with Crippen LogP contribution in [0, 0.1) is 0 Å². The van der Waals surface area contributed by atoms with Crippen molar-refractivity contribution >= 4 is 46.7 Å². The lowest BCUT2D eigenvalue weighted by molar-refractivity contribution is -0.140. The van der Waals surface area contributed by atoms with Crippen LogP contribution >= 0.6 is 34.7 Å². The molecule has 1 aliphatic rings. The van der Waals surface area contributed by atoms with Crippen molar-refractivity contribution in [3.05, 3.63) is 114 Å². The van der Waals surface area contributed by atoms with E-state index in [1.807, 2.05) is 30.3 Å². The number of aromatic nitrogens is 1. The Morgan fingerprint density at radius 2 is 1.87 bits per heavy atom. The van der Waals surface area contributed by atoms with Gasteiger partial charge in [-0.05, 0) is 48.9 Å². The smallest absolute Gasteiger partial charge is 0.434 e. The highest BCUT2D eigenvalue weighted by molar-refractivity contribution is 7.99. The lowest BCUT2D eigenvalue weighted by Crippen LogP contribution is -2.41. The van der Waals surface area contributed by atoms with E-state index in [2.05, 4.69) is 4.99 Å². The fourth-order valence-corrected chi connectivity index (χ4v) is 5.91. The third-order valence-corrected chi connectivity index (χ3v) is 7.78. The van der Waals surface area contributed by atoms with Gasteiger partial charge in [0.1, 0.15) is 5.76 Å². The van der Waals surface area contributed by atoms with E-state index in [1.54, 1.807) is 12.1 Å². The molecule has 200 valence electrons. The highest BCUT2D eigenvalue weighted by Gasteiger charge is 2.45. The number of benzene rings is 2. The molecule has 39 heavy (non-hydrogen) atoms. The second-order valence-corrected chi connectivity index (χ2v) is 10.7. The highest BCUT2D eigenvalue weighted by atomic mass is 35.5. The summed E-state index contributed by atoms with van der Waals surface area (Å²) in [6.45, 7) is 1.32. The van der Waals surface area contributed by atoms with Crippen molar-refractivity contribution < 1.29 is 27.1 Å². The van der Waals surface area contributed by atoms with Crippen LogP contribution in [0.2, 0.25) is 5.02 Å². The van der Waals surface area contributed by atoms with Gasteiger partial charge < -0.3 is 9.15 Å². The van der Waals surface area contributed by atoms with Crippen LogP contribution in [-0.4, -0.2) is 23.3 Å². The molecule has 2 aromatic carbocycles. The molecule has 1 aliphatic heterocycles. The first-order valence-electron chi connectivity index (χ1n) is 11.5. The van der Waals surface area contributed by atoms with Crippen molar-refractivity contribution in [3.63, 3.8) is 0 Å². The predicted octanol–water partition coefficient (Wildman–Crippen LogP) is 5.74. The first kappa shape index (κ1) is 27.0. The van der Waals surface area contributed by atoms with Crippen LogP contribution in [0.4, 0.5) is 13.2 Å². The molecule has 0 unspecified atom stereocenters. The van der Waals surface area contributed by atoms with Crippen LogP contribution < -0.4 is 14.9 Å². The summed E-state index contributed by atoms with van der Waals surface area (Å²) in [5.41, 5.74) is -2.57. The van der Waals surface area contributed by atoms with Crippen LogP contribution in [-0.2, 0) is 9.53 Å². The molecule has 0 radical (unpaired) electrons. The first-order valence-corrected chi connectivity index (χ1v) is 13.5. The number of alkyl halides is 3. The van der Waals surface area contributed by atoms with E-state index in [9.17, 15) is 22.8 Å². The SMILES string of the molecule is CCOC(=O)C1=C(C(F)(F)F)N=c2s/c(=C/c3ccc(Sc4ccccc4)o3)c(=O)n2[C@H]1c1ccc(Cl)cc1. The number of thiazole rings is 1. The maximum Gasteiger partial charge on any atom is 0.434 e. The second kappa shape index (κ2) is 10.9. The lowest BCUT2D eigenvalue weighted by Gasteiger charge is -2.26. The standard InChI is InChI=1S/C27H18ClF3N2O4S2/c1-2-36-25(35)21-22(15-8-10-16(28)11-9-15)33-24(34)19(39-26(33)32-23(21)27(29,30)31)14-17-12-13-20(37-17)38-18-6-4-3-5-7-18/h3-14,22H,2H2,1H3/b19-14+/t22-/m0/s1. The minimum absolute atomic E-state index is 0.0879. The molecular formula is C27H18ClF3N2O4S2. The van der Waals surface area contributed by atoms with Gasteiger partial charge in [0.05, 0.1) is 22.8 Å². The van der Waals surface area contributed by atoms with Gasteiger partial charge in [-0.25, -0.2) is 9.79 Å². The maximum absolute atomic E-state index is 14.2. The van der Waals surface area contributed by atoms with Crippen LogP contribution in [0.25, 0.3) is 6.08 Å².